The van der Waals surface area contributed by atoms with Crippen molar-refractivity contribution in [3.63, 3.8) is 0 Å². The number of benzene rings is 5. The molecule has 5 aromatic rings. The summed E-state index contributed by atoms with van der Waals surface area (Å²) >= 11 is 0. The Balaban J connectivity index is 1.01. The van der Waals surface area contributed by atoms with Gasteiger partial charge < -0.3 is 28.6 Å². The molecular weight excluding hydrogens is 725 g/mol. The Bertz CT molecular complexity index is 2460. The number of esters is 1. The van der Waals surface area contributed by atoms with Gasteiger partial charge in [-0.3, -0.25) is 24.5 Å². The highest BCUT2D eigenvalue weighted by molar-refractivity contribution is 6.14. The first-order valence-corrected chi connectivity index (χ1v) is 18.5. The van der Waals surface area contributed by atoms with E-state index in [-0.39, 0.29) is 31.2 Å². The van der Waals surface area contributed by atoms with Gasteiger partial charge in [-0.2, -0.15) is 0 Å². The van der Waals surface area contributed by atoms with Gasteiger partial charge in [-0.25, -0.2) is 4.79 Å². The molecule has 3 aliphatic rings. The smallest absolute Gasteiger partial charge is 0.337 e. The molecule has 0 bridgehead atoms. The van der Waals surface area contributed by atoms with Crippen LogP contribution in [-0.2, 0) is 35.6 Å². The molecule has 3 aliphatic heterocycles. The molecule has 0 saturated carbocycles. The quantitative estimate of drug-likeness (QED) is 0.0725. The van der Waals surface area contributed by atoms with Gasteiger partial charge >= 0.3 is 5.97 Å². The van der Waals surface area contributed by atoms with Gasteiger partial charge in [-0.15, -0.1) is 0 Å². The van der Waals surface area contributed by atoms with Crippen LogP contribution in [0.2, 0.25) is 0 Å². The van der Waals surface area contributed by atoms with Crippen molar-refractivity contribution in [3.8, 4) is 23.0 Å². The summed E-state index contributed by atoms with van der Waals surface area (Å²) in [5.74, 6) is 1.05. The van der Waals surface area contributed by atoms with E-state index in [0.717, 1.165) is 34.5 Å². The number of hydrogen-bond acceptors (Lipinski definition) is 10. The fourth-order valence-corrected chi connectivity index (χ4v) is 7.60. The summed E-state index contributed by atoms with van der Waals surface area (Å²) in [5.41, 5.74) is 8.04. The molecule has 0 radical (unpaired) electrons. The van der Waals surface area contributed by atoms with Crippen LogP contribution in [0.3, 0.4) is 0 Å². The third-order valence-corrected chi connectivity index (χ3v) is 10.4. The number of carbonyl (C=O) groups is 3. The Morgan fingerprint density at radius 2 is 1.46 bits per heavy atom. The lowest BCUT2D eigenvalue weighted by Gasteiger charge is -2.22. The zero-order chi connectivity index (χ0) is 39.6. The number of fused-ring (bicyclic) bond motifs is 5. The summed E-state index contributed by atoms with van der Waals surface area (Å²) in [6, 6.07) is 27.6. The highest BCUT2D eigenvalue weighted by atomic mass is 16.5. The van der Waals surface area contributed by atoms with Crippen molar-refractivity contribution in [1.29, 1.82) is 0 Å². The molecule has 0 fully saturated rings. The molecule has 3 heterocycles. The van der Waals surface area contributed by atoms with Crippen molar-refractivity contribution < 1.29 is 38.1 Å². The molecule has 57 heavy (non-hydrogen) atoms. The molecule has 0 aromatic heterocycles. The minimum absolute atomic E-state index is 0.0579. The highest BCUT2D eigenvalue weighted by Gasteiger charge is 2.36. The van der Waals surface area contributed by atoms with Crippen molar-refractivity contribution in [2.24, 2.45) is 9.98 Å². The lowest BCUT2D eigenvalue weighted by atomic mass is 10.1. The average Bonchev–Trinajstić information content (AvgIpc) is 3.76. The minimum atomic E-state index is -0.515. The molecule has 2 atom stereocenters. The third-order valence-electron chi connectivity index (χ3n) is 10.4. The van der Waals surface area contributed by atoms with Crippen LogP contribution in [0.25, 0.3) is 0 Å². The zero-order valence-corrected chi connectivity index (χ0v) is 31.9. The van der Waals surface area contributed by atoms with Gasteiger partial charge in [0.25, 0.3) is 5.91 Å². The molecule has 288 valence electrons. The van der Waals surface area contributed by atoms with Crippen LogP contribution >= 0.6 is 0 Å². The molecular formula is C45H40N4O8. The molecule has 0 saturated heterocycles. The van der Waals surface area contributed by atoms with E-state index in [1.165, 1.54) is 14.2 Å². The number of aryl methyl sites for hydroxylation is 1. The molecule has 5 aromatic carbocycles. The van der Waals surface area contributed by atoms with Gasteiger partial charge in [0.05, 0.1) is 55.9 Å². The van der Waals surface area contributed by atoms with Crippen LogP contribution in [-0.4, -0.2) is 64.1 Å². The number of methoxy groups -OCH3 is 3. The number of hydrogen-bond donors (Lipinski definition) is 0. The van der Waals surface area contributed by atoms with Crippen molar-refractivity contribution >= 4 is 53.5 Å². The highest BCUT2D eigenvalue weighted by Crippen LogP contribution is 2.41. The summed E-state index contributed by atoms with van der Waals surface area (Å²) in [6.07, 6.45) is 5.78. The van der Waals surface area contributed by atoms with Gasteiger partial charge in [0.15, 0.2) is 23.0 Å². The topological polar surface area (TPSA) is 129 Å². The van der Waals surface area contributed by atoms with Crippen LogP contribution in [0.1, 0.15) is 48.5 Å². The first-order valence-electron chi connectivity index (χ1n) is 18.5. The fraction of sp³-hybridized carbons (Fsp3) is 0.222. The number of rotatable bonds is 12. The predicted octanol–water partition coefficient (Wildman–Crippen LogP) is 7.53. The van der Waals surface area contributed by atoms with Gasteiger partial charge in [-0.05, 0) is 77.2 Å². The van der Waals surface area contributed by atoms with Crippen LogP contribution in [0, 0.1) is 6.92 Å². The number of ether oxygens (including phenoxy) is 5. The van der Waals surface area contributed by atoms with E-state index in [4.69, 9.17) is 33.7 Å². The maximum Gasteiger partial charge on any atom is 0.337 e. The van der Waals surface area contributed by atoms with Crippen LogP contribution < -0.4 is 28.7 Å². The summed E-state index contributed by atoms with van der Waals surface area (Å²) in [4.78, 5) is 51.6. The number of aliphatic imine (C=N–C) groups is 2. The molecule has 8 rings (SSSR count). The maximum absolute atomic E-state index is 13.9. The summed E-state index contributed by atoms with van der Waals surface area (Å²) in [5, 5.41) is 0. The second-order valence-electron chi connectivity index (χ2n) is 14.0. The van der Waals surface area contributed by atoms with Crippen LogP contribution in [0.5, 0.6) is 23.0 Å². The van der Waals surface area contributed by atoms with Gasteiger partial charge in [-0.1, -0.05) is 36.4 Å². The number of carbonyl (C=O) groups excluding carboxylic acids is 3. The third kappa shape index (κ3) is 7.17. The Morgan fingerprint density at radius 3 is 2.14 bits per heavy atom. The molecule has 2 amide bonds. The molecule has 0 spiro atoms. The normalized spacial score (nSPS) is 16.4. The first-order chi connectivity index (χ1) is 27.8. The number of nitrogens with zero attached hydrogens (tertiary/aromatic N) is 4. The van der Waals surface area contributed by atoms with E-state index in [2.05, 4.69) is 0 Å². The van der Waals surface area contributed by atoms with Gasteiger partial charge in [0, 0.05) is 48.8 Å². The summed E-state index contributed by atoms with van der Waals surface area (Å²) < 4.78 is 29.0. The molecule has 0 N–H and O–H groups in total. The van der Waals surface area contributed by atoms with E-state index in [9.17, 15) is 14.4 Å². The number of anilines is 2. The van der Waals surface area contributed by atoms with Crippen molar-refractivity contribution in [2.45, 2.75) is 45.1 Å². The average molecular weight is 765 g/mol. The maximum atomic E-state index is 13.9. The van der Waals surface area contributed by atoms with E-state index in [1.807, 2.05) is 67.6 Å². The summed E-state index contributed by atoms with van der Waals surface area (Å²) in [6.45, 7) is 2.07. The fourth-order valence-electron chi connectivity index (χ4n) is 7.60. The Kier molecular flexibility index (Phi) is 10.2. The van der Waals surface area contributed by atoms with Crippen LogP contribution in [0.4, 0.5) is 22.7 Å². The Hall–Kier alpha value is -6.95. The van der Waals surface area contributed by atoms with E-state index in [1.54, 1.807) is 59.7 Å². The molecule has 0 aliphatic carbocycles. The monoisotopic (exact) mass is 764 g/mol. The lowest BCUT2D eigenvalue weighted by molar-refractivity contribution is -0.107. The van der Waals surface area contributed by atoms with Crippen molar-refractivity contribution in [1.82, 2.24) is 0 Å². The van der Waals surface area contributed by atoms with Crippen molar-refractivity contribution in [2.75, 3.05) is 31.1 Å². The Labute approximate surface area is 329 Å². The second kappa shape index (κ2) is 15.7. The lowest BCUT2D eigenvalue weighted by Crippen LogP contribution is -2.37. The van der Waals surface area contributed by atoms with E-state index < -0.39 is 5.97 Å². The standard InChI is InChI=1S/C45H40N4O8/c1-27-13-40(53-2)42(20-36(27)46-22-33-17-30-9-5-7-11-38(30)48(33)26-50)56-24-28-14-29(16-32(15-28)45(52)55-4)25-57-43-21-37-35(19-41(43)54-3)44(51)49-34(23-47-37)18-31-10-6-8-12-39(31)49/h5-16,19-23,26,33-34H,17-18,24-25H2,1-4H3/b46-22-/t33?,34-/m0/s1. The number of amides is 2. The van der Waals surface area contributed by atoms with E-state index >= 15 is 0 Å². The SMILES string of the molecule is COC(=O)c1cc(COc2cc3c(cc2OC)C(=O)N2c4ccccc4C[C@H]2C=N3)cc(COc2cc(/N=C\C3Cc4ccccc4N3C=O)c(C)cc2OC)c1. The van der Waals surface area contributed by atoms with Gasteiger partial charge in [0.1, 0.15) is 13.2 Å². The number of para-hydroxylation sites is 2. The molecule has 12 heteroatoms. The van der Waals surface area contributed by atoms with Gasteiger partial charge in [0.2, 0.25) is 6.41 Å². The molecule has 1 unspecified atom stereocenters. The van der Waals surface area contributed by atoms with Crippen LogP contribution in [0.15, 0.2) is 101 Å². The molecule has 12 nitrogen and oxygen atoms in total. The summed E-state index contributed by atoms with van der Waals surface area (Å²) in [7, 11) is 4.41. The van der Waals surface area contributed by atoms with Crippen molar-refractivity contribution in [3.05, 3.63) is 130 Å². The second-order valence-corrected chi connectivity index (χ2v) is 14.0. The van der Waals surface area contributed by atoms with E-state index in [0.29, 0.717) is 69.5 Å². The Morgan fingerprint density at radius 1 is 0.807 bits per heavy atom. The largest absolute Gasteiger partial charge is 0.493 e. The zero-order valence-electron chi connectivity index (χ0n) is 31.9. The minimum Gasteiger partial charge on any atom is -0.493 e. The predicted molar refractivity (Wildman–Crippen MR) is 217 cm³/mol. The first kappa shape index (κ1) is 37.0.